The highest BCUT2D eigenvalue weighted by Gasteiger charge is 2.24. The van der Waals surface area contributed by atoms with Gasteiger partial charge in [-0.3, -0.25) is 4.79 Å². The molecule has 0 aliphatic heterocycles. The Kier molecular flexibility index (Phi) is 8.01. The molecule has 30 heavy (non-hydrogen) atoms. The van der Waals surface area contributed by atoms with Crippen molar-refractivity contribution in [2.24, 2.45) is 0 Å². The number of hydrogen-bond acceptors (Lipinski definition) is 6. The highest BCUT2D eigenvalue weighted by atomic mass is 32.2. The van der Waals surface area contributed by atoms with E-state index in [2.05, 4.69) is 5.32 Å². The summed E-state index contributed by atoms with van der Waals surface area (Å²) in [5.41, 5.74) is 0.424. The standard InChI is InChI=1S/C20H25FN2O6S/c1-5-28-18-9-7-14(11-19(18)29-6-2)22-20(24)13-23(3)30(25,26)15-8-10-17(27-4)16(21)12-15/h7-12H,5-6,13H2,1-4H3,(H,22,24). The number of benzene rings is 2. The van der Waals surface area contributed by atoms with Gasteiger partial charge in [-0.05, 0) is 44.2 Å². The molecule has 0 unspecified atom stereocenters. The van der Waals surface area contributed by atoms with Gasteiger partial charge in [-0.1, -0.05) is 0 Å². The molecule has 0 bridgehead atoms. The fourth-order valence-electron chi connectivity index (χ4n) is 2.60. The van der Waals surface area contributed by atoms with Crippen LogP contribution in [0.3, 0.4) is 0 Å². The SMILES string of the molecule is CCOc1ccc(NC(=O)CN(C)S(=O)(=O)c2ccc(OC)c(F)c2)cc1OCC. The predicted octanol–water partition coefficient (Wildman–Crippen LogP) is 2.89. The Hall–Kier alpha value is -2.85. The zero-order chi connectivity index (χ0) is 22.3. The Morgan fingerprint density at radius 1 is 1.03 bits per heavy atom. The number of rotatable bonds is 10. The molecule has 0 atom stereocenters. The summed E-state index contributed by atoms with van der Waals surface area (Å²) < 4.78 is 55.7. The van der Waals surface area contributed by atoms with E-state index < -0.39 is 28.3 Å². The molecule has 0 aliphatic carbocycles. The number of carbonyl (C=O) groups excluding carboxylic acids is 1. The maximum absolute atomic E-state index is 13.9. The molecular weight excluding hydrogens is 415 g/mol. The normalized spacial score (nSPS) is 11.3. The topological polar surface area (TPSA) is 94.2 Å². The van der Waals surface area contributed by atoms with Crippen molar-refractivity contribution in [3.05, 3.63) is 42.2 Å². The van der Waals surface area contributed by atoms with Gasteiger partial charge in [0.05, 0.1) is 31.8 Å². The Balaban J connectivity index is 2.11. The minimum atomic E-state index is -4.07. The lowest BCUT2D eigenvalue weighted by atomic mass is 10.2. The van der Waals surface area contributed by atoms with Gasteiger partial charge in [-0.2, -0.15) is 4.31 Å². The lowest BCUT2D eigenvalue weighted by Crippen LogP contribution is -2.35. The first-order chi connectivity index (χ1) is 14.2. The molecule has 1 N–H and O–H groups in total. The molecule has 0 saturated carbocycles. The average molecular weight is 440 g/mol. The van der Waals surface area contributed by atoms with Gasteiger partial charge >= 0.3 is 0 Å². The number of nitrogens with zero attached hydrogens (tertiary/aromatic N) is 1. The number of methoxy groups -OCH3 is 1. The highest BCUT2D eigenvalue weighted by molar-refractivity contribution is 7.89. The maximum Gasteiger partial charge on any atom is 0.243 e. The molecule has 0 aliphatic rings. The van der Waals surface area contributed by atoms with E-state index in [9.17, 15) is 17.6 Å². The van der Waals surface area contributed by atoms with Crippen LogP contribution < -0.4 is 19.5 Å². The highest BCUT2D eigenvalue weighted by Crippen LogP contribution is 2.30. The molecule has 0 aromatic heterocycles. The summed E-state index contributed by atoms with van der Waals surface area (Å²) in [6.07, 6.45) is 0. The zero-order valence-corrected chi connectivity index (χ0v) is 18.1. The predicted molar refractivity (Wildman–Crippen MR) is 110 cm³/mol. The molecule has 0 heterocycles. The van der Waals surface area contributed by atoms with E-state index in [1.165, 1.54) is 26.3 Å². The first-order valence-corrected chi connectivity index (χ1v) is 10.7. The van der Waals surface area contributed by atoms with Crippen LogP contribution in [0.5, 0.6) is 17.2 Å². The maximum atomic E-state index is 13.9. The molecule has 8 nitrogen and oxygen atoms in total. The summed E-state index contributed by atoms with van der Waals surface area (Å²) in [4.78, 5) is 12.1. The van der Waals surface area contributed by atoms with Gasteiger partial charge in [-0.25, -0.2) is 12.8 Å². The number of halogens is 1. The smallest absolute Gasteiger partial charge is 0.243 e. The van der Waals surface area contributed by atoms with Crippen LogP contribution in [0.25, 0.3) is 0 Å². The first-order valence-electron chi connectivity index (χ1n) is 9.22. The molecule has 164 valence electrons. The van der Waals surface area contributed by atoms with Crippen LogP contribution in [0, 0.1) is 5.82 Å². The van der Waals surface area contributed by atoms with Crippen LogP contribution in [0.2, 0.25) is 0 Å². The van der Waals surface area contributed by atoms with E-state index in [0.717, 1.165) is 10.4 Å². The molecule has 10 heteroatoms. The average Bonchev–Trinajstić information content (AvgIpc) is 2.70. The number of amides is 1. The number of carbonyl (C=O) groups is 1. The molecule has 2 rings (SSSR count). The second-order valence-corrected chi connectivity index (χ2v) is 8.18. The van der Waals surface area contributed by atoms with Gasteiger partial charge < -0.3 is 19.5 Å². The molecule has 2 aromatic carbocycles. The zero-order valence-electron chi connectivity index (χ0n) is 17.3. The van der Waals surface area contributed by atoms with Gasteiger partial charge in [0.1, 0.15) is 0 Å². The van der Waals surface area contributed by atoms with Crippen molar-refractivity contribution >= 4 is 21.6 Å². The van der Waals surface area contributed by atoms with Crippen molar-refractivity contribution in [1.82, 2.24) is 4.31 Å². The minimum absolute atomic E-state index is 0.0741. The number of anilines is 1. The van der Waals surface area contributed by atoms with Crippen LogP contribution in [0.15, 0.2) is 41.3 Å². The van der Waals surface area contributed by atoms with Crippen LogP contribution in [0.4, 0.5) is 10.1 Å². The number of nitrogens with one attached hydrogen (secondary N) is 1. The Bertz CT molecular complexity index is 997. The van der Waals surface area contributed by atoms with E-state index >= 15 is 0 Å². The fourth-order valence-corrected chi connectivity index (χ4v) is 3.74. The monoisotopic (exact) mass is 440 g/mol. The summed E-state index contributed by atoms with van der Waals surface area (Å²) in [7, 11) is -1.56. The fraction of sp³-hybridized carbons (Fsp3) is 0.350. The van der Waals surface area contributed by atoms with Gasteiger partial charge in [0.2, 0.25) is 15.9 Å². The largest absolute Gasteiger partial charge is 0.494 e. The van der Waals surface area contributed by atoms with Crippen LogP contribution in [-0.2, 0) is 14.8 Å². The molecule has 1 amide bonds. The molecule has 0 radical (unpaired) electrons. The van der Waals surface area contributed by atoms with E-state index in [1.54, 1.807) is 18.2 Å². The molecule has 0 saturated heterocycles. The van der Waals surface area contributed by atoms with Crippen molar-refractivity contribution in [1.29, 1.82) is 0 Å². The summed E-state index contributed by atoms with van der Waals surface area (Å²) in [6, 6.07) is 8.16. The van der Waals surface area contributed by atoms with Crippen LogP contribution >= 0.6 is 0 Å². The van der Waals surface area contributed by atoms with Gasteiger partial charge in [-0.15, -0.1) is 0 Å². The van der Waals surface area contributed by atoms with E-state index in [-0.39, 0.29) is 10.6 Å². The Morgan fingerprint density at radius 3 is 2.27 bits per heavy atom. The van der Waals surface area contributed by atoms with Crippen molar-refractivity contribution in [3.63, 3.8) is 0 Å². The quantitative estimate of drug-likeness (QED) is 0.611. The second-order valence-electron chi connectivity index (χ2n) is 6.13. The van der Waals surface area contributed by atoms with Crippen molar-refractivity contribution in [2.75, 3.05) is 39.2 Å². The molecule has 2 aromatic rings. The third kappa shape index (κ3) is 5.61. The lowest BCUT2D eigenvalue weighted by molar-refractivity contribution is -0.116. The number of hydrogen-bond donors (Lipinski definition) is 1. The van der Waals surface area contributed by atoms with Crippen molar-refractivity contribution in [2.45, 2.75) is 18.7 Å². The van der Waals surface area contributed by atoms with E-state index in [1.807, 2.05) is 13.8 Å². The van der Waals surface area contributed by atoms with E-state index in [4.69, 9.17) is 14.2 Å². The third-order valence-electron chi connectivity index (χ3n) is 4.02. The Morgan fingerprint density at radius 2 is 1.67 bits per heavy atom. The van der Waals surface area contributed by atoms with Crippen molar-refractivity contribution in [3.8, 4) is 17.2 Å². The summed E-state index contributed by atoms with van der Waals surface area (Å²) in [6.45, 7) is 4.07. The first kappa shape index (κ1) is 23.4. The lowest BCUT2D eigenvalue weighted by Gasteiger charge is -2.18. The number of sulfonamides is 1. The van der Waals surface area contributed by atoms with Gasteiger partial charge in [0.15, 0.2) is 23.1 Å². The second kappa shape index (κ2) is 10.3. The molecular formula is C20H25FN2O6S. The minimum Gasteiger partial charge on any atom is -0.494 e. The van der Waals surface area contributed by atoms with Crippen LogP contribution in [-0.4, -0.2) is 52.5 Å². The Labute approximate surface area is 175 Å². The van der Waals surface area contributed by atoms with Crippen molar-refractivity contribution < 1.29 is 31.8 Å². The number of ether oxygens (including phenoxy) is 3. The van der Waals surface area contributed by atoms with Gasteiger partial charge in [0, 0.05) is 18.8 Å². The third-order valence-corrected chi connectivity index (χ3v) is 5.82. The summed E-state index contributed by atoms with van der Waals surface area (Å²) >= 11 is 0. The summed E-state index contributed by atoms with van der Waals surface area (Å²) in [5.74, 6) is -0.448. The van der Waals surface area contributed by atoms with E-state index in [0.29, 0.717) is 30.4 Å². The van der Waals surface area contributed by atoms with Gasteiger partial charge in [0.25, 0.3) is 0 Å². The number of likely N-dealkylation sites (N-methyl/N-ethyl adjacent to an activating group) is 1. The molecule has 0 fully saturated rings. The summed E-state index contributed by atoms with van der Waals surface area (Å²) in [5, 5.41) is 2.62. The van der Waals surface area contributed by atoms with Crippen LogP contribution in [0.1, 0.15) is 13.8 Å². The molecule has 0 spiro atoms.